The van der Waals surface area contributed by atoms with Gasteiger partial charge in [0.25, 0.3) is 5.91 Å². The van der Waals surface area contributed by atoms with Crippen LogP contribution in [-0.4, -0.2) is 34.5 Å². The third-order valence-electron chi connectivity index (χ3n) is 4.97. The maximum atomic E-state index is 14.9. The quantitative estimate of drug-likeness (QED) is 0.723. The van der Waals surface area contributed by atoms with Crippen LogP contribution in [0.2, 0.25) is 0 Å². The summed E-state index contributed by atoms with van der Waals surface area (Å²) in [6, 6.07) is 9.48. The Morgan fingerprint density at radius 3 is 3.04 bits per heavy atom. The number of nitrogens with one attached hydrogen (secondary N) is 3. The zero-order chi connectivity index (χ0) is 18.9. The molecule has 27 heavy (non-hydrogen) atoms. The molecule has 1 saturated heterocycles. The van der Waals surface area contributed by atoms with E-state index in [9.17, 15) is 9.18 Å². The van der Waals surface area contributed by atoms with Crippen LogP contribution in [0.3, 0.4) is 0 Å². The normalized spacial score (nSPS) is 21.1. The Morgan fingerprint density at radius 2 is 2.26 bits per heavy atom. The number of pyridine rings is 1. The van der Waals surface area contributed by atoms with Crippen LogP contribution in [0, 0.1) is 11.5 Å². The molecule has 3 heterocycles. The molecule has 0 unspecified atom stereocenters. The Labute approximate surface area is 156 Å². The van der Waals surface area contributed by atoms with Crippen molar-refractivity contribution in [3.05, 3.63) is 42.1 Å². The van der Waals surface area contributed by atoms with Crippen LogP contribution >= 0.6 is 0 Å². The van der Waals surface area contributed by atoms with Crippen LogP contribution in [0.1, 0.15) is 18.4 Å². The number of benzene rings is 1. The van der Waals surface area contributed by atoms with Gasteiger partial charge in [0.15, 0.2) is 6.19 Å². The molecule has 7 nitrogen and oxygen atoms in total. The minimum absolute atomic E-state index is 0.102. The van der Waals surface area contributed by atoms with E-state index in [1.807, 2.05) is 30.5 Å². The molecule has 4 rings (SSSR count). The van der Waals surface area contributed by atoms with E-state index < -0.39 is 11.6 Å². The average molecular weight is 366 g/mol. The lowest BCUT2D eigenvalue weighted by molar-refractivity contribution is -0.130. The number of hydrogen-bond acceptors (Lipinski definition) is 6. The molecule has 3 N–H and O–H groups in total. The zero-order valence-electron chi connectivity index (χ0n) is 14.6. The number of rotatable bonds is 3. The Balaban J connectivity index is 1.49. The second-order valence-electron chi connectivity index (χ2n) is 6.79. The summed E-state index contributed by atoms with van der Waals surface area (Å²) in [6.07, 6.45) is 4.14. The zero-order valence-corrected chi connectivity index (χ0v) is 14.6. The van der Waals surface area contributed by atoms with Crippen molar-refractivity contribution >= 4 is 17.4 Å². The molecule has 8 heteroatoms. The second kappa shape index (κ2) is 6.85. The number of hydrazine groups is 1. The summed E-state index contributed by atoms with van der Waals surface area (Å²) in [7, 11) is 0. The van der Waals surface area contributed by atoms with Gasteiger partial charge < -0.3 is 15.6 Å². The van der Waals surface area contributed by atoms with Gasteiger partial charge in [0, 0.05) is 30.4 Å². The van der Waals surface area contributed by atoms with Crippen molar-refractivity contribution in [2.45, 2.75) is 25.1 Å². The molecule has 0 saturated carbocycles. The lowest BCUT2D eigenvalue weighted by Crippen LogP contribution is -2.51. The van der Waals surface area contributed by atoms with Gasteiger partial charge in [-0.1, -0.05) is 12.1 Å². The smallest absolute Gasteiger partial charge is 0.265 e. The number of likely N-dealkylation sites (tertiary alicyclic amines) is 1. The van der Waals surface area contributed by atoms with Gasteiger partial charge in [-0.3, -0.25) is 4.79 Å². The fraction of sp³-hybridized carbons (Fsp3) is 0.316. The van der Waals surface area contributed by atoms with Gasteiger partial charge in [0.2, 0.25) is 5.67 Å². The van der Waals surface area contributed by atoms with Crippen LogP contribution in [0.15, 0.2) is 36.5 Å². The number of aromatic nitrogens is 1. The molecule has 0 aliphatic carbocycles. The Morgan fingerprint density at radius 1 is 1.37 bits per heavy atom. The number of nitriles is 1. The van der Waals surface area contributed by atoms with Crippen molar-refractivity contribution < 1.29 is 9.18 Å². The second-order valence-corrected chi connectivity index (χ2v) is 6.79. The largest absolute Gasteiger partial charge is 0.321 e. The van der Waals surface area contributed by atoms with Crippen LogP contribution in [0.25, 0.3) is 11.1 Å². The highest BCUT2D eigenvalue weighted by molar-refractivity contribution is 5.97. The average Bonchev–Trinajstić information content (AvgIpc) is 3.17. The maximum Gasteiger partial charge on any atom is 0.265 e. The predicted octanol–water partition coefficient (Wildman–Crippen LogP) is 2.40. The van der Waals surface area contributed by atoms with Crippen molar-refractivity contribution in [2.75, 3.05) is 23.8 Å². The number of carbonyl (C=O) groups is 1. The number of alkyl halides is 1. The first kappa shape index (κ1) is 17.2. The topological polar surface area (TPSA) is 93.1 Å². The van der Waals surface area contributed by atoms with Gasteiger partial charge in [-0.05, 0) is 36.6 Å². The van der Waals surface area contributed by atoms with Crippen molar-refractivity contribution in [1.82, 2.24) is 15.3 Å². The molecule has 0 radical (unpaired) electrons. The third-order valence-corrected chi connectivity index (χ3v) is 4.97. The number of amides is 1. The van der Waals surface area contributed by atoms with Crippen molar-refractivity contribution in [2.24, 2.45) is 0 Å². The molecule has 1 atom stereocenters. The van der Waals surface area contributed by atoms with E-state index in [0.29, 0.717) is 25.3 Å². The summed E-state index contributed by atoms with van der Waals surface area (Å²) in [4.78, 5) is 17.9. The van der Waals surface area contributed by atoms with Crippen LogP contribution in [-0.2, 0) is 11.3 Å². The summed E-state index contributed by atoms with van der Waals surface area (Å²) in [5.41, 5.74) is 8.26. The van der Waals surface area contributed by atoms with Gasteiger partial charge >= 0.3 is 0 Å². The minimum atomic E-state index is -2.08. The summed E-state index contributed by atoms with van der Waals surface area (Å²) in [6.45, 7) is 0.973. The molecule has 0 spiro atoms. The number of hydrogen-bond donors (Lipinski definition) is 3. The highest BCUT2D eigenvalue weighted by Gasteiger charge is 2.42. The van der Waals surface area contributed by atoms with E-state index in [2.05, 4.69) is 21.2 Å². The SMILES string of the molecule is N#CN1CCC[C@](F)(C(=O)Nc2ccc(-c3cccc4c3CNN4)cn2)C1. The predicted molar refractivity (Wildman–Crippen MR) is 99.0 cm³/mol. The van der Waals surface area contributed by atoms with Gasteiger partial charge in [-0.2, -0.15) is 5.26 Å². The molecule has 0 bridgehead atoms. The standard InChI is InChI=1S/C19H19FN6O/c20-19(7-2-8-26(11-19)12-21)18(27)24-17-6-5-13(9-22-17)14-3-1-4-16-15(14)10-23-25-16/h1,3-6,9,23,25H,2,7-8,10-11H2,(H,22,24,27)/t19-/m1/s1. The van der Waals surface area contributed by atoms with Crippen LogP contribution in [0.5, 0.6) is 0 Å². The van der Waals surface area contributed by atoms with E-state index in [0.717, 1.165) is 22.4 Å². The van der Waals surface area contributed by atoms with Crippen LogP contribution < -0.4 is 16.2 Å². The van der Waals surface area contributed by atoms with E-state index >= 15 is 0 Å². The number of carbonyl (C=O) groups excluding carboxylic acids is 1. The molecule has 1 fully saturated rings. The minimum Gasteiger partial charge on any atom is -0.321 e. The Bertz CT molecular complexity index is 909. The first-order valence-electron chi connectivity index (χ1n) is 8.81. The number of fused-ring (bicyclic) bond motifs is 1. The van der Waals surface area contributed by atoms with E-state index in [-0.39, 0.29) is 13.0 Å². The van der Waals surface area contributed by atoms with Gasteiger partial charge in [-0.15, -0.1) is 0 Å². The molecular weight excluding hydrogens is 347 g/mol. The highest BCUT2D eigenvalue weighted by Crippen LogP contribution is 2.32. The number of piperidine rings is 1. The summed E-state index contributed by atoms with van der Waals surface area (Å²) in [5.74, 6) is -0.463. The molecule has 2 aliphatic heterocycles. The molecule has 1 amide bonds. The molecular formula is C19H19FN6O. The third kappa shape index (κ3) is 3.29. The van der Waals surface area contributed by atoms with Crippen molar-refractivity contribution in [3.63, 3.8) is 0 Å². The maximum absolute atomic E-state index is 14.9. The van der Waals surface area contributed by atoms with Gasteiger partial charge in [0.05, 0.1) is 12.2 Å². The van der Waals surface area contributed by atoms with Crippen LogP contribution in [0.4, 0.5) is 15.9 Å². The molecule has 138 valence electrons. The number of nitrogens with zero attached hydrogens (tertiary/aromatic N) is 3. The fourth-order valence-corrected chi connectivity index (χ4v) is 3.53. The number of anilines is 2. The van der Waals surface area contributed by atoms with E-state index in [1.54, 1.807) is 12.3 Å². The monoisotopic (exact) mass is 366 g/mol. The van der Waals surface area contributed by atoms with Crippen molar-refractivity contribution in [3.8, 4) is 17.3 Å². The highest BCUT2D eigenvalue weighted by atomic mass is 19.1. The Kier molecular flexibility index (Phi) is 4.38. The molecule has 1 aromatic heterocycles. The Hall–Kier alpha value is -3.18. The first-order valence-corrected chi connectivity index (χ1v) is 8.81. The lowest BCUT2D eigenvalue weighted by Gasteiger charge is -2.33. The van der Waals surface area contributed by atoms with Gasteiger partial charge in [0.1, 0.15) is 5.82 Å². The first-order chi connectivity index (χ1) is 13.1. The number of halogens is 1. The molecule has 1 aromatic carbocycles. The lowest BCUT2D eigenvalue weighted by atomic mass is 9.94. The van der Waals surface area contributed by atoms with E-state index in [4.69, 9.17) is 5.26 Å². The van der Waals surface area contributed by atoms with E-state index in [1.165, 1.54) is 4.90 Å². The fourth-order valence-electron chi connectivity index (χ4n) is 3.53. The van der Waals surface area contributed by atoms with Crippen molar-refractivity contribution in [1.29, 1.82) is 5.26 Å². The molecule has 2 aromatic rings. The summed E-state index contributed by atoms with van der Waals surface area (Å²) >= 11 is 0. The van der Waals surface area contributed by atoms with Gasteiger partial charge in [-0.25, -0.2) is 14.8 Å². The summed E-state index contributed by atoms with van der Waals surface area (Å²) < 4.78 is 14.9. The molecule has 2 aliphatic rings. The summed E-state index contributed by atoms with van der Waals surface area (Å²) in [5, 5.41) is 11.5.